The molecule has 0 fully saturated rings. The number of carbonyl (C=O) groups is 5. The van der Waals surface area contributed by atoms with E-state index in [1.807, 2.05) is 0 Å². The van der Waals surface area contributed by atoms with E-state index in [0.29, 0.717) is 19.1 Å². The fourth-order valence-corrected chi connectivity index (χ4v) is 6.77. The summed E-state index contributed by atoms with van der Waals surface area (Å²) in [5, 5.41) is 42.9. The van der Waals surface area contributed by atoms with Gasteiger partial charge in [0.2, 0.25) is 5.41 Å². The minimum atomic E-state index is -7.03. The number of alkyl halides is 18. The molecule has 0 spiro atoms. The second-order valence-electron chi connectivity index (χ2n) is 14.5. The lowest BCUT2D eigenvalue weighted by atomic mass is 9.71. The van der Waals surface area contributed by atoms with Crippen molar-refractivity contribution in [3.8, 4) is 5.75 Å². The van der Waals surface area contributed by atoms with Crippen molar-refractivity contribution >= 4 is 41.0 Å². The van der Waals surface area contributed by atoms with Gasteiger partial charge in [0.25, 0.3) is 17.1 Å². The number of aromatic carboxylic acids is 2. The van der Waals surface area contributed by atoms with Gasteiger partial charge in [0, 0.05) is 35.1 Å². The van der Waals surface area contributed by atoms with Crippen molar-refractivity contribution in [3.05, 3.63) is 123 Å². The summed E-state index contributed by atoms with van der Waals surface area (Å²) in [5.41, 5.74) is -35.4. The summed E-state index contributed by atoms with van der Waals surface area (Å²) in [6.45, 7) is 0.590. The fourth-order valence-electron chi connectivity index (χ4n) is 6.77. The van der Waals surface area contributed by atoms with Crippen LogP contribution in [0.4, 0.5) is 90.4 Å². The summed E-state index contributed by atoms with van der Waals surface area (Å²) in [7, 11) is 0.996. The highest BCUT2D eigenvalue weighted by Crippen LogP contribution is 2.58. The molecule has 0 saturated carbocycles. The van der Waals surface area contributed by atoms with Gasteiger partial charge < -0.3 is 35.8 Å². The number of carboxylic acids is 2. The second kappa shape index (κ2) is 18.0. The topological polar surface area (TPSA) is 200 Å². The molecule has 0 aromatic heterocycles. The van der Waals surface area contributed by atoms with Crippen molar-refractivity contribution in [1.82, 2.24) is 0 Å². The standard InChI is InChI=1S/C40H24F18N2O10/c1-15(61)26-12-17(3-5-24(26)29(63)64)32(35(41,42)43,36(44,45)46)18-4-6-25(30(65)66)27(13-18)28(62)60-22-8-16(7-21(14-22)59-2)31(67)70-23-10-19(33(68,37(47,48)49)38(50,51)52)9-20(11-23)34(69,39(53,54)55)40(56,57)58/h3-14,59,68-69H,1-2H3,(H,60,62)(H,63,64)(H,65,66). The maximum Gasteiger partial charge on any atom is 0.430 e. The van der Waals surface area contributed by atoms with Crippen molar-refractivity contribution in [2.24, 2.45) is 0 Å². The van der Waals surface area contributed by atoms with Gasteiger partial charge in [0.1, 0.15) is 5.75 Å². The Morgan fingerprint density at radius 3 is 1.21 bits per heavy atom. The van der Waals surface area contributed by atoms with E-state index in [-0.39, 0.29) is 36.4 Å². The number of aliphatic hydroxyl groups is 2. The van der Waals surface area contributed by atoms with Gasteiger partial charge in [-0.25, -0.2) is 14.4 Å². The number of hydrogen-bond donors (Lipinski definition) is 6. The number of nitrogens with one attached hydrogen (secondary N) is 2. The van der Waals surface area contributed by atoms with Crippen LogP contribution in [0.2, 0.25) is 0 Å². The normalized spacial score (nSPS) is 13.4. The number of rotatable bonds is 12. The summed E-state index contributed by atoms with van der Waals surface area (Å²) in [6.07, 6.45) is -41.2. The molecule has 70 heavy (non-hydrogen) atoms. The zero-order valence-electron chi connectivity index (χ0n) is 34.0. The van der Waals surface area contributed by atoms with Crippen LogP contribution in [0, 0.1) is 0 Å². The van der Waals surface area contributed by atoms with Crippen LogP contribution in [0.1, 0.15) is 81.0 Å². The van der Waals surface area contributed by atoms with Crippen LogP contribution < -0.4 is 15.4 Å². The quantitative estimate of drug-likeness (QED) is 0.0342. The van der Waals surface area contributed by atoms with E-state index >= 15 is 26.3 Å². The van der Waals surface area contributed by atoms with Crippen molar-refractivity contribution in [3.63, 3.8) is 0 Å². The first kappa shape index (κ1) is 55.5. The second-order valence-corrected chi connectivity index (χ2v) is 14.5. The predicted molar refractivity (Wildman–Crippen MR) is 197 cm³/mol. The number of Topliss-reactive ketones (excluding diaryl/α,β-unsaturated/α-hetero) is 1. The summed E-state index contributed by atoms with van der Waals surface area (Å²) in [6, 6.07) is -0.957. The first-order valence-electron chi connectivity index (χ1n) is 18.2. The Morgan fingerprint density at radius 2 is 0.857 bits per heavy atom. The van der Waals surface area contributed by atoms with Crippen LogP contribution in [0.3, 0.4) is 0 Å². The molecule has 4 aromatic carbocycles. The lowest BCUT2D eigenvalue weighted by Gasteiger charge is -2.38. The average molecular weight is 1030 g/mol. The molecule has 1 amide bonds. The summed E-state index contributed by atoms with van der Waals surface area (Å²) in [4.78, 5) is 63.0. The Labute approximate surface area is 376 Å². The van der Waals surface area contributed by atoms with Gasteiger partial charge in [-0.2, -0.15) is 79.0 Å². The van der Waals surface area contributed by atoms with Crippen molar-refractivity contribution in [2.45, 2.75) is 60.6 Å². The van der Waals surface area contributed by atoms with Gasteiger partial charge in [0.05, 0.1) is 22.3 Å². The van der Waals surface area contributed by atoms with Gasteiger partial charge in [-0.15, -0.1) is 0 Å². The third kappa shape index (κ3) is 9.59. The van der Waals surface area contributed by atoms with E-state index in [0.717, 1.165) is 13.1 Å². The molecule has 0 aliphatic carbocycles. The number of halogens is 18. The number of amides is 1. The van der Waals surface area contributed by atoms with Crippen molar-refractivity contribution in [1.29, 1.82) is 0 Å². The molecule has 0 bridgehead atoms. The lowest BCUT2D eigenvalue weighted by Crippen LogP contribution is -2.55. The number of ether oxygens (including phenoxy) is 1. The zero-order valence-corrected chi connectivity index (χ0v) is 34.0. The molecular formula is C40H24F18N2O10. The molecule has 0 unspecified atom stereocenters. The predicted octanol–water partition coefficient (Wildman–Crippen LogP) is 9.83. The van der Waals surface area contributed by atoms with Gasteiger partial charge >= 0.3 is 55.0 Å². The minimum absolute atomic E-state index is 0.0300. The number of benzene rings is 4. The number of carbonyl (C=O) groups excluding carboxylic acids is 3. The van der Waals surface area contributed by atoms with E-state index in [2.05, 4.69) is 10.1 Å². The Balaban J connectivity index is 1.94. The number of esters is 1. The van der Waals surface area contributed by atoms with Gasteiger partial charge in [-0.05, 0) is 78.7 Å². The minimum Gasteiger partial charge on any atom is -0.478 e. The van der Waals surface area contributed by atoms with E-state index in [1.165, 1.54) is 0 Å². The first-order chi connectivity index (χ1) is 31.5. The highest BCUT2D eigenvalue weighted by Gasteiger charge is 2.75. The zero-order chi connectivity index (χ0) is 53.9. The highest BCUT2D eigenvalue weighted by atomic mass is 19.4. The molecule has 30 heteroatoms. The Bertz CT molecular complexity index is 2660. The van der Waals surface area contributed by atoms with Crippen molar-refractivity contribution in [2.75, 3.05) is 17.7 Å². The third-order valence-corrected chi connectivity index (χ3v) is 10.1. The lowest BCUT2D eigenvalue weighted by molar-refractivity contribution is -0.378. The van der Waals surface area contributed by atoms with Gasteiger partial charge in [-0.3, -0.25) is 9.59 Å². The first-order valence-corrected chi connectivity index (χ1v) is 18.2. The molecule has 0 heterocycles. The summed E-state index contributed by atoms with van der Waals surface area (Å²) < 4.78 is 261. The molecule has 4 rings (SSSR count). The van der Waals surface area contributed by atoms with Crippen LogP contribution in [0.25, 0.3) is 0 Å². The molecule has 4 aromatic rings. The van der Waals surface area contributed by atoms with Crippen LogP contribution in [-0.4, -0.2) is 94.1 Å². The monoisotopic (exact) mass is 1030 g/mol. The maximum atomic E-state index is 15.1. The molecule has 0 atom stereocenters. The molecule has 12 nitrogen and oxygen atoms in total. The Kier molecular flexibility index (Phi) is 14.3. The molecule has 0 aliphatic rings. The Hall–Kier alpha value is -7.11. The summed E-state index contributed by atoms with van der Waals surface area (Å²) >= 11 is 0. The Morgan fingerprint density at radius 1 is 0.471 bits per heavy atom. The molecule has 0 radical (unpaired) electrons. The van der Waals surface area contributed by atoms with E-state index in [9.17, 15) is 97.1 Å². The smallest absolute Gasteiger partial charge is 0.430 e. The van der Waals surface area contributed by atoms with Crippen molar-refractivity contribution < 1.29 is 128 Å². The largest absolute Gasteiger partial charge is 0.478 e. The number of anilines is 2. The molecular weight excluding hydrogens is 1010 g/mol. The van der Waals surface area contributed by atoms with Crippen LogP contribution in [-0.2, 0) is 16.6 Å². The SMILES string of the molecule is CNc1cc(NC(=O)c2cc(C(c3ccc(C(=O)O)c(C(C)=O)c3)(C(F)(F)F)C(F)(F)F)ccc2C(=O)O)cc(C(=O)Oc2cc(C(O)(C(F)(F)F)C(F)(F)F)cc(C(O)(C(F)(F)F)C(F)(F)F)c2)c1. The van der Waals surface area contributed by atoms with E-state index < -0.39 is 169 Å². The molecule has 0 saturated heterocycles. The van der Waals surface area contributed by atoms with Crippen LogP contribution in [0.5, 0.6) is 5.75 Å². The van der Waals surface area contributed by atoms with E-state index in [1.54, 1.807) is 5.32 Å². The van der Waals surface area contributed by atoms with Gasteiger partial charge in [-0.1, -0.05) is 12.1 Å². The number of ketones is 1. The highest BCUT2D eigenvalue weighted by molar-refractivity contribution is 6.11. The average Bonchev–Trinajstić information content (AvgIpc) is 3.19. The van der Waals surface area contributed by atoms with E-state index in [4.69, 9.17) is 0 Å². The van der Waals surface area contributed by atoms with Gasteiger partial charge in [0.15, 0.2) is 5.78 Å². The number of carboxylic acid groups (broad SMARTS) is 2. The maximum absolute atomic E-state index is 15.1. The molecule has 0 aliphatic heterocycles. The summed E-state index contributed by atoms with van der Waals surface area (Å²) in [5.74, 6) is -11.8. The fraction of sp³-hybridized carbons (Fsp3) is 0.275. The molecule has 380 valence electrons. The molecule has 6 N–H and O–H groups in total. The van der Waals surface area contributed by atoms with Crippen LogP contribution in [0.15, 0.2) is 72.8 Å². The van der Waals surface area contributed by atoms with Crippen LogP contribution >= 0.6 is 0 Å². The third-order valence-electron chi connectivity index (χ3n) is 10.1. The number of hydrogen-bond acceptors (Lipinski definition) is 9.